The quantitative estimate of drug-likeness (QED) is 0.333. The summed E-state index contributed by atoms with van der Waals surface area (Å²) in [6, 6.07) is 15.3. The minimum absolute atomic E-state index is 0.0576. The Labute approximate surface area is 174 Å². The zero-order chi connectivity index (χ0) is 22.4. The smallest absolute Gasteiger partial charge is 0.318 e. The second-order valence-electron chi connectivity index (χ2n) is 6.06. The van der Waals surface area contributed by atoms with E-state index in [0.29, 0.717) is 5.56 Å². The summed E-state index contributed by atoms with van der Waals surface area (Å²) in [6.07, 6.45) is 1.31. The van der Waals surface area contributed by atoms with Gasteiger partial charge in [-0.05, 0) is 35.9 Å². The Balaban J connectivity index is 1.74. The topological polar surface area (TPSA) is 157 Å². The van der Waals surface area contributed by atoms with Crippen molar-refractivity contribution in [2.24, 2.45) is 5.10 Å². The van der Waals surface area contributed by atoms with Crippen LogP contribution in [0.15, 0.2) is 71.8 Å². The molecular formula is C20H14N4O7. The molecule has 3 rings (SSSR count). The van der Waals surface area contributed by atoms with Gasteiger partial charge < -0.3 is 9.84 Å². The number of aromatic hydroxyl groups is 1. The third-order valence-corrected chi connectivity index (χ3v) is 3.96. The van der Waals surface area contributed by atoms with E-state index in [9.17, 15) is 30.1 Å². The van der Waals surface area contributed by atoms with Gasteiger partial charge in [-0.25, -0.2) is 5.43 Å². The van der Waals surface area contributed by atoms with Crippen LogP contribution in [0.1, 0.15) is 15.9 Å². The fourth-order valence-electron chi connectivity index (χ4n) is 2.52. The summed E-state index contributed by atoms with van der Waals surface area (Å²) in [7, 11) is 0. The minimum atomic E-state index is -0.776. The van der Waals surface area contributed by atoms with E-state index in [1.165, 1.54) is 30.5 Å². The van der Waals surface area contributed by atoms with Gasteiger partial charge in [0, 0.05) is 6.07 Å². The van der Waals surface area contributed by atoms with Crippen LogP contribution in [0.2, 0.25) is 0 Å². The fraction of sp³-hybridized carbons (Fsp3) is 0. The number of hydrazone groups is 1. The van der Waals surface area contributed by atoms with E-state index in [1.54, 1.807) is 24.3 Å². The van der Waals surface area contributed by atoms with Crippen molar-refractivity contribution in [1.82, 2.24) is 5.43 Å². The summed E-state index contributed by atoms with van der Waals surface area (Å²) in [4.78, 5) is 32.6. The van der Waals surface area contributed by atoms with E-state index in [-0.39, 0.29) is 22.8 Å². The molecule has 0 spiro atoms. The molecular weight excluding hydrogens is 408 g/mol. The molecule has 3 aromatic rings. The number of benzene rings is 3. The fourth-order valence-corrected chi connectivity index (χ4v) is 2.52. The molecule has 156 valence electrons. The molecule has 0 aromatic heterocycles. The highest BCUT2D eigenvalue weighted by atomic mass is 16.6. The normalized spacial score (nSPS) is 10.6. The summed E-state index contributed by atoms with van der Waals surface area (Å²) in [5.41, 5.74) is 1.85. The van der Waals surface area contributed by atoms with E-state index >= 15 is 0 Å². The Bertz CT molecular complexity index is 1190. The Morgan fingerprint density at radius 1 is 1.00 bits per heavy atom. The molecule has 0 atom stereocenters. The van der Waals surface area contributed by atoms with Crippen LogP contribution in [0.4, 0.5) is 11.4 Å². The summed E-state index contributed by atoms with van der Waals surface area (Å²) < 4.78 is 5.51. The van der Waals surface area contributed by atoms with Crippen molar-refractivity contribution in [3.05, 3.63) is 98.1 Å². The molecule has 2 N–H and O–H groups in total. The largest absolute Gasteiger partial charge is 0.507 e. The lowest BCUT2D eigenvalue weighted by molar-refractivity contribution is -0.394. The van der Waals surface area contributed by atoms with E-state index in [2.05, 4.69) is 10.5 Å². The van der Waals surface area contributed by atoms with Gasteiger partial charge in [0.1, 0.15) is 11.5 Å². The third-order valence-electron chi connectivity index (χ3n) is 3.96. The molecule has 31 heavy (non-hydrogen) atoms. The van der Waals surface area contributed by atoms with Crippen LogP contribution in [0.3, 0.4) is 0 Å². The predicted molar refractivity (Wildman–Crippen MR) is 109 cm³/mol. The van der Waals surface area contributed by atoms with Gasteiger partial charge in [-0.2, -0.15) is 5.10 Å². The van der Waals surface area contributed by atoms with Crippen LogP contribution in [-0.2, 0) is 0 Å². The van der Waals surface area contributed by atoms with Crippen LogP contribution in [0.25, 0.3) is 0 Å². The number of nitro groups is 2. The Morgan fingerprint density at radius 3 is 2.48 bits per heavy atom. The number of nitrogens with one attached hydrogen (secondary N) is 1. The average molecular weight is 422 g/mol. The molecule has 0 fully saturated rings. The molecule has 11 nitrogen and oxygen atoms in total. The number of amides is 1. The lowest BCUT2D eigenvalue weighted by Crippen LogP contribution is -2.17. The van der Waals surface area contributed by atoms with Gasteiger partial charge >= 0.3 is 5.69 Å². The summed E-state index contributed by atoms with van der Waals surface area (Å²) in [5, 5.41) is 35.5. The maximum absolute atomic E-state index is 12.0. The first-order valence-corrected chi connectivity index (χ1v) is 8.67. The molecule has 0 saturated carbocycles. The van der Waals surface area contributed by atoms with Crippen LogP contribution < -0.4 is 10.2 Å². The lowest BCUT2D eigenvalue weighted by atomic mass is 10.2. The number of phenols is 1. The maximum Gasteiger partial charge on any atom is 0.318 e. The van der Waals surface area contributed by atoms with Gasteiger partial charge in [0.15, 0.2) is 0 Å². The number of phenolic OH excluding ortho intramolecular Hbond substituents is 1. The second kappa shape index (κ2) is 9.13. The van der Waals surface area contributed by atoms with Crippen molar-refractivity contribution < 1.29 is 24.5 Å². The van der Waals surface area contributed by atoms with Gasteiger partial charge in [-0.1, -0.05) is 24.3 Å². The number of ether oxygens (including phenoxy) is 1. The van der Waals surface area contributed by atoms with Crippen LogP contribution in [-0.4, -0.2) is 27.1 Å². The number of carbonyl (C=O) groups excluding carboxylic acids is 1. The van der Waals surface area contributed by atoms with Crippen molar-refractivity contribution >= 4 is 23.5 Å². The summed E-state index contributed by atoms with van der Waals surface area (Å²) in [6.45, 7) is 0. The molecule has 0 bridgehead atoms. The van der Waals surface area contributed by atoms with Gasteiger partial charge in [0.2, 0.25) is 5.75 Å². The predicted octanol–water partition coefficient (Wildman–Crippen LogP) is 3.76. The van der Waals surface area contributed by atoms with E-state index in [0.717, 1.165) is 18.2 Å². The van der Waals surface area contributed by atoms with E-state index in [4.69, 9.17) is 4.74 Å². The summed E-state index contributed by atoms with van der Waals surface area (Å²) in [5.74, 6) is -0.746. The Morgan fingerprint density at radius 2 is 1.77 bits per heavy atom. The molecule has 0 unspecified atom stereocenters. The first-order chi connectivity index (χ1) is 14.8. The van der Waals surface area contributed by atoms with Crippen molar-refractivity contribution in [3.63, 3.8) is 0 Å². The highest BCUT2D eigenvalue weighted by Crippen LogP contribution is 2.34. The monoisotopic (exact) mass is 422 g/mol. The van der Waals surface area contributed by atoms with Crippen LogP contribution >= 0.6 is 0 Å². The molecule has 1 amide bonds. The number of para-hydroxylation sites is 1. The molecule has 0 aliphatic heterocycles. The summed E-state index contributed by atoms with van der Waals surface area (Å²) >= 11 is 0. The number of nitro benzene ring substituents is 2. The van der Waals surface area contributed by atoms with Crippen molar-refractivity contribution in [1.29, 1.82) is 0 Å². The third kappa shape index (κ3) is 5.17. The number of hydrogen-bond donors (Lipinski definition) is 2. The Kier molecular flexibility index (Phi) is 6.16. The minimum Gasteiger partial charge on any atom is -0.507 e. The van der Waals surface area contributed by atoms with Gasteiger partial charge in [0.25, 0.3) is 11.6 Å². The maximum atomic E-state index is 12.0. The Hall–Kier alpha value is -4.80. The molecule has 3 aromatic carbocycles. The molecule has 0 radical (unpaired) electrons. The van der Waals surface area contributed by atoms with Crippen molar-refractivity contribution in [3.8, 4) is 17.2 Å². The average Bonchev–Trinajstić information content (AvgIpc) is 2.74. The molecule has 11 heteroatoms. The molecule has 0 heterocycles. The van der Waals surface area contributed by atoms with Gasteiger partial charge in [0.05, 0.1) is 27.7 Å². The zero-order valence-corrected chi connectivity index (χ0v) is 15.7. The number of hydrogen-bond acceptors (Lipinski definition) is 8. The van der Waals surface area contributed by atoms with Crippen molar-refractivity contribution in [2.75, 3.05) is 0 Å². The van der Waals surface area contributed by atoms with Gasteiger partial charge in [-0.15, -0.1) is 0 Å². The zero-order valence-electron chi connectivity index (χ0n) is 15.7. The van der Waals surface area contributed by atoms with Crippen LogP contribution in [0, 0.1) is 20.2 Å². The molecule has 0 aliphatic carbocycles. The first-order valence-electron chi connectivity index (χ1n) is 8.67. The SMILES string of the molecule is O=C(N/N=C\c1cccc(Oc2ccc([N+](=O)[O-])cc2[N+](=O)[O-])c1)c1ccccc1O. The highest BCUT2D eigenvalue weighted by Gasteiger charge is 2.21. The molecule has 0 aliphatic rings. The number of rotatable bonds is 7. The van der Waals surface area contributed by atoms with E-state index in [1.807, 2.05) is 0 Å². The van der Waals surface area contributed by atoms with Crippen LogP contribution in [0.5, 0.6) is 17.2 Å². The number of non-ortho nitro benzene ring substituents is 1. The number of carbonyl (C=O) groups is 1. The molecule has 0 saturated heterocycles. The standard InChI is InChI=1S/C20H14N4O7/c25-18-7-2-1-6-16(18)20(26)22-21-12-13-4-3-5-15(10-13)31-19-9-8-14(23(27)28)11-17(19)24(29)30/h1-12,25H,(H,22,26)/b21-12-. The first kappa shape index (κ1) is 20.9. The number of nitrogens with zero attached hydrogens (tertiary/aromatic N) is 3. The van der Waals surface area contributed by atoms with E-state index < -0.39 is 27.1 Å². The highest BCUT2D eigenvalue weighted by molar-refractivity contribution is 5.97. The van der Waals surface area contributed by atoms with Gasteiger partial charge in [-0.3, -0.25) is 25.0 Å². The lowest BCUT2D eigenvalue weighted by Gasteiger charge is -2.07. The second-order valence-corrected chi connectivity index (χ2v) is 6.06. The van der Waals surface area contributed by atoms with Crippen molar-refractivity contribution in [2.45, 2.75) is 0 Å².